The monoisotopic (exact) mass is 116 g/mol. The van der Waals surface area contributed by atoms with E-state index in [2.05, 4.69) is 34.6 Å². The van der Waals surface area contributed by atoms with Crippen LogP contribution in [0.2, 0.25) is 0 Å². The van der Waals surface area contributed by atoms with E-state index >= 15 is 0 Å². The van der Waals surface area contributed by atoms with Crippen molar-refractivity contribution in [3.05, 3.63) is 0 Å². The Balaban J connectivity index is 0. The minimum atomic E-state index is 0. The van der Waals surface area contributed by atoms with E-state index in [1.807, 2.05) is 0 Å². The third-order valence-corrected chi connectivity index (χ3v) is 1.73. The minimum Gasteiger partial charge on any atom is -0.0776 e. The zero-order valence-corrected chi connectivity index (χ0v) is 6.08. The van der Waals surface area contributed by atoms with Crippen molar-refractivity contribution in [2.75, 3.05) is 0 Å². The second kappa shape index (κ2) is 3.11. The highest BCUT2D eigenvalue weighted by molar-refractivity contribution is 4.64. The normalized spacial score (nSPS) is 11.2. The van der Waals surface area contributed by atoms with Crippen molar-refractivity contribution in [1.82, 2.24) is 0 Å². The van der Waals surface area contributed by atoms with Crippen LogP contribution in [0.15, 0.2) is 0 Å². The predicted octanol–water partition coefficient (Wildman–Crippen LogP) is 3.32. The van der Waals surface area contributed by atoms with E-state index in [4.69, 9.17) is 0 Å². The van der Waals surface area contributed by atoms with E-state index in [0.717, 1.165) is 5.92 Å². The van der Waals surface area contributed by atoms with Gasteiger partial charge in [-0.2, -0.15) is 0 Å². The van der Waals surface area contributed by atoms with Crippen LogP contribution < -0.4 is 0 Å². The lowest BCUT2D eigenvalue weighted by molar-refractivity contribution is 0.283. The molecule has 0 heterocycles. The molecular formula is C8H20. The molecule has 0 radical (unpaired) electrons. The van der Waals surface area contributed by atoms with Crippen molar-refractivity contribution in [2.24, 2.45) is 11.3 Å². The second-order valence-electron chi connectivity index (χ2n) is 3.52. The molecule has 0 unspecified atom stereocenters. The summed E-state index contributed by atoms with van der Waals surface area (Å²) in [6, 6.07) is 0. The molecule has 0 aromatic carbocycles. The Morgan fingerprint density at radius 2 is 1.12 bits per heavy atom. The Labute approximate surface area is 54.3 Å². The summed E-state index contributed by atoms with van der Waals surface area (Å²) in [4.78, 5) is 0. The Morgan fingerprint density at radius 1 is 1.00 bits per heavy atom. The van der Waals surface area contributed by atoms with E-state index in [0.29, 0.717) is 5.41 Å². The van der Waals surface area contributed by atoms with E-state index in [9.17, 15) is 0 Å². The molecule has 52 valence electrons. The van der Waals surface area contributed by atoms with Gasteiger partial charge in [-0.15, -0.1) is 0 Å². The smallest absolute Gasteiger partial charge is 0.0360 e. The van der Waals surface area contributed by atoms with Gasteiger partial charge in [-0.1, -0.05) is 42.0 Å². The summed E-state index contributed by atoms with van der Waals surface area (Å²) < 4.78 is 0. The molecule has 0 atom stereocenters. The van der Waals surface area contributed by atoms with Crippen molar-refractivity contribution in [1.29, 1.82) is 0 Å². The van der Waals surface area contributed by atoms with E-state index in [1.165, 1.54) is 0 Å². The molecule has 0 fully saturated rings. The van der Waals surface area contributed by atoms with Crippen LogP contribution in [0, 0.1) is 11.3 Å². The molecular weight excluding hydrogens is 96.1 g/mol. The van der Waals surface area contributed by atoms with Gasteiger partial charge >= 0.3 is 0 Å². The second-order valence-corrected chi connectivity index (χ2v) is 3.52. The molecule has 0 amide bonds. The molecule has 0 aromatic heterocycles. The summed E-state index contributed by atoms with van der Waals surface area (Å²) in [7, 11) is 0. The van der Waals surface area contributed by atoms with Crippen LogP contribution in [0.4, 0.5) is 0 Å². The van der Waals surface area contributed by atoms with Gasteiger partial charge in [0.05, 0.1) is 0 Å². The number of hydrogen-bond acceptors (Lipinski definition) is 0. The first-order valence-electron chi connectivity index (χ1n) is 2.94. The van der Waals surface area contributed by atoms with Gasteiger partial charge in [-0.05, 0) is 11.3 Å². The minimum absolute atomic E-state index is 0. The maximum absolute atomic E-state index is 2.26. The van der Waals surface area contributed by atoms with Gasteiger partial charge in [0.15, 0.2) is 0 Å². The highest BCUT2D eigenvalue weighted by Gasteiger charge is 2.13. The molecule has 0 heteroatoms. The van der Waals surface area contributed by atoms with Crippen molar-refractivity contribution >= 4 is 0 Å². The standard InChI is InChI=1S/C7H16.CH4/c1-6(2)7(3,4)5;/h6H,1-5H3;1H4. The van der Waals surface area contributed by atoms with Crippen LogP contribution in [0.3, 0.4) is 0 Å². The molecule has 0 aromatic rings. The quantitative estimate of drug-likeness (QED) is 0.455. The van der Waals surface area contributed by atoms with Crippen molar-refractivity contribution in [2.45, 2.75) is 42.0 Å². The first-order valence-corrected chi connectivity index (χ1v) is 2.94. The number of hydrogen-bond donors (Lipinski definition) is 0. The summed E-state index contributed by atoms with van der Waals surface area (Å²) in [6.45, 7) is 11.3. The molecule has 0 rings (SSSR count). The third kappa shape index (κ3) is 4.17. The summed E-state index contributed by atoms with van der Waals surface area (Å²) in [5, 5.41) is 0. The average Bonchev–Trinajstić information content (AvgIpc) is 1.31. The Bertz CT molecular complexity index is 45.5. The molecule has 0 aliphatic rings. The van der Waals surface area contributed by atoms with Crippen LogP contribution in [0.5, 0.6) is 0 Å². The van der Waals surface area contributed by atoms with Crippen molar-refractivity contribution in [3.63, 3.8) is 0 Å². The molecule has 0 bridgehead atoms. The topological polar surface area (TPSA) is 0 Å². The fraction of sp³-hybridized carbons (Fsp3) is 1.00. The van der Waals surface area contributed by atoms with Gasteiger partial charge in [0.25, 0.3) is 0 Å². The van der Waals surface area contributed by atoms with Crippen LogP contribution in [0.1, 0.15) is 42.0 Å². The summed E-state index contributed by atoms with van der Waals surface area (Å²) >= 11 is 0. The van der Waals surface area contributed by atoms with E-state index in [1.54, 1.807) is 0 Å². The maximum atomic E-state index is 2.26. The molecule has 0 aliphatic carbocycles. The van der Waals surface area contributed by atoms with Crippen LogP contribution in [0.25, 0.3) is 0 Å². The van der Waals surface area contributed by atoms with Crippen molar-refractivity contribution in [3.8, 4) is 0 Å². The molecule has 0 saturated carbocycles. The molecule has 0 spiro atoms. The lowest BCUT2D eigenvalue weighted by Gasteiger charge is -2.22. The fourth-order valence-electron chi connectivity index (χ4n) is 0. The Morgan fingerprint density at radius 3 is 1.12 bits per heavy atom. The van der Waals surface area contributed by atoms with Gasteiger partial charge in [0.1, 0.15) is 0 Å². The predicted molar refractivity (Wildman–Crippen MR) is 41.0 cm³/mol. The largest absolute Gasteiger partial charge is 0.0776 e. The zero-order valence-electron chi connectivity index (χ0n) is 6.08. The lowest BCUT2D eigenvalue weighted by atomic mass is 9.84. The first-order chi connectivity index (χ1) is 2.94. The molecule has 8 heavy (non-hydrogen) atoms. The van der Waals surface area contributed by atoms with Crippen LogP contribution >= 0.6 is 0 Å². The summed E-state index contributed by atoms with van der Waals surface area (Å²) in [5.41, 5.74) is 0.500. The Kier molecular flexibility index (Phi) is 4.23. The van der Waals surface area contributed by atoms with Gasteiger partial charge < -0.3 is 0 Å². The van der Waals surface area contributed by atoms with E-state index < -0.39 is 0 Å². The van der Waals surface area contributed by atoms with Gasteiger partial charge in [0, 0.05) is 0 Å². The van der Waals surface area contributed by atoms with Crippen LogP contribution in [-0.2, 0) is 0 Å². The van der Waals surface area contributed by atoms with Crippen LogP contribution in [-0.4, -0.2) is 0 Å². The van der Waals surface area contributed by atoms with Gasteiger partial charge in [0.2, 0.25) is 0 Å². The highest BCUT2D eigenvalue weighted by atomic mass is 14.2. The lowest BCUT2D eigenvalue weighted by Crippen LogP contribution is -2.12. The average molecular weight is 116 g/mol. The molecule has 0 aliphatic heterocycles. The van der Waals surface area contributed by atoms with E-state index in [-0.39, 0.29) is 7.43 Å². The fourth-order valence-corrected chi connectivity index (χ4v) is 0. The highest BCUT2D eigenvalue weighted by Crippen LogP contribution is 2.23. The zero-order chi connectivity index (χ0) is 6.08. The summed E-state index contributed by atoms with van der Waals surface area (Å²) in [5.74, 6) is 0.799. The maximum Gasteiger partial charge on any atom is -0.0360 e. The third-order valence-electron chi connectivity index (χ3n) is 1.73. The number of rotatable bonds is 0. The van der Waals surface area contributed by atoms with Gasteiger partial charge in [-0.3, -0.25) is 0 Å². The first kappa shape index (κ1) is 10.9. The molecule has 0 saturated heterocycles. The molecule has 0 N–H and O–H groups in total. The SMILES string of the molecule is C.CC(C)C(C)(C)C. The van der Waals surface area contributed by atoms with Crippen molar-refractivity contribution < 1.29 is 0 Å². The van der Waals surface area contributed by atoms with Gasteiger partial charge in [-0.25, -0.2) is 0 Å². The summed E-state index contributed by atoms with van der Waals surface area (Å²) in [6.07, 6.45) is 0. The molecule has 0 nitrogen and oxygen atoms in total. The Hall–Kier alpha value is 0.